The Bertz CT molecular complexity index is 285. The van der Waals surface area contributed by atoms with Crippen LogP contribution in [-0.4, -0.2) is 23.5 Å². The van der Waals surface area contributed by atoms with Crippen LogP contribution in [0.2, 0.25) is 0 Å². The Labute approximate surface area is 83.5 Å². The van der Waals surface area contributed by atoms with Gasteiger partial charge in [-0.05, 0) is 25.5 Å². The molecule has 3 N–H and O–H groups in total. The minimum Gasteiger partial charge on any atom is -0.352 e. The highest BCUT2D eigenvalue weighted by Gasteiger charge is 2.03. The number of hydrogen-bond acceptors (Lipinski definition) is 3. The average Bonchev–Trinajstić information content (AvgIpc) is 2.18. The van der Waals surface area contributed by atoms with E-state index in [-0.39, 0.29) is 11.9 Å². The Hall–Kier alpha value is -1.42. The van der Waals surface area contributed by atoms with Crippen molar-refractivity contribution in [1.29, 1.82) is 0 Å². The van der Waals surface area contributed by atoms with E-state index in [9.17, 15) is 4.79 Å². The molecule has 0 radical (unpaired) electrons. The van der Waals surface area contributed by atoms with Gasteiger partial charge in [0.1, 0.15) is 0 Å². The molecule has 0 saturated heterocycles. The van der Waals surface area contributed by atoms with Crippen LogP contribution in [0.15, 0.2) is 24.5 Å². The number of amides is 1. The summed E-state index contributed by atoms with van der Waals surface area (Å²) < 4.78 is 0. The molecule has 76 valence electrons. The maximum atomic E-state index is 11.4. The van der Waals surface area contributed by atoms with E-state index in [1.807, 2.05) is 6.92 Å². The van der Waals surface area contributed by atoms with Gasteiger partial charge in [0.25, 0.3) is 5.91 Å². The number of hydrogen-bond donors (Lipinski definition) is 2. The maximum absolute atomic E-state index is 11.4. The first kappa shape index (κ1) is 10.7. The minimum atomic E-state index is -0.0759. The van der Waals surface area contributed by atoms with Crippen LogP contribution in [0.3, 0.4) is 0 Å². The molecule has 0 bridgehead atoms. The molecular formula is C10H15N3O. The lowest BCUT2D eigenvalue weighted by Gasteiger charge is -2.06. The maximum Gasteiger partial charge on any atom is 0.251 e. The van der Waals surface area contributed by atoms with Crippen molar-refractivity contribution in [1.82, 2.24) is 10.3 Å². The fourth-order valence-electron chi connectivity index (χ4n) is 1.02. The summed E-state index contributed by atoms with van der Waals surface area (Å²) in [5.41, 5.74) is 6.19. The van der Waals surface area contributed by atoms with Gasteiger partial charge in [0.05, 0.1) is 0 Å². The third-order valence-corrected chi connectivity index (χ3v) is 1.83. The van der Waals surface area contributed by atoms with Gasteiger partial charge in [-0.15, -0.1) is 0 Å². The lowest BCUT2D eigenvalue weighted by Crippen LogP contribution is -2.28. The van der Waals surface area contributed by atoms with Crippen LogP contribution in [0, 0.1) is 0 Å². The van der Waals surface area contributed by atoms with Crippen molar-refractivity contribution in [2.75, 3.05) is 6.54 Å². The summed E-state index contributed by atoms with van der Waals surface area (Å²) in [5, 5.41) is 2.78. The summed E-state index contributed by atoms with van der Waals surface area (Å²) in [7, 11) is 0. The lowest BCUT2D eigenvalue weighted by atomic mass is 10.2. The van der Waals surface area contributed by atoms with E-state index in [2.05, 4.69) is 10.3 Å². The molecule has 4 heteroatoms. The molecule has 1 heterocycles. The molecule has 1 unspecified atom stereocenters. The molecule has 1 atom stereocenters. The van der Waals surface area contributed by atoms with Crippen molar-refractivity contribution in [2.45, 2.75) is 19.4 Å². The van der Waals surface area contributed by atoms with E-state index < -0.39 is 0 Å². The third-order valence-electron chi connectivity index (χ3n) is 1.83. The number of nitrogens with zero attached hydrogens (tertiary/aromatic N) is 1. The molecule has 1 aromatic heterocycles. The van der Waals surface area contributed by atoms with Gasteiger partial charge in [-0.1, -0.05) is 0 Å². The SMILES string of the molecule is CC(N)CCNC(=O)c1ccncc1. The number of rotatable bonds is 4. The zero-order valence-corrected chi connectivity index (χ0v) is 8.23. The highest BCUT2D eigenvalue weighted by atomic mass is 16.1. The molecule has 0 aliphatic rings. The second kappa shape index (κ2) is 5.34. The molecule has 0 aliphatic heterocycles. The van der Waals surface area contributed by atoms with E-state index in [4.69, 9.17) is 5.73 Å². The first-order chi connectivity index (χ1) is 6.70. The van der Waals surface area contributed by atoms with Crippen molar-refractivity contribution in [2.24, 2.45) is 5.73 Å². The fourth-order valence-corrected chi connectivity index (χ4v) is 1.02. The highest BCUT2D eigenvalue weighted by Crippen LogP contribution is 1.95. The van der Waals surface area contributed by atoms with Crippen molar-refractivity contribution < 1.29 is 4.79 Å². The van der Waals surface area contributed by atoms with Gasteiger partial charge in [0, 0.05) is 30.5 Å². The van der Waals surface area contributed by atoms with Gasteiger partial charge in [0.15, 0.2) is 0 Å². The van der Waals surface area contributed by atoms with Crippen molar-refractivity contribution in [3.63, 3.8) is 0 Å². The average molecular weight is 193 g/mol. The zero-order valence-electron chi connectivity index (χ0n) is 8.23. The van der Waals surface area contributed by atoms with Gasteiger partial charge >= 0.3 is 0 Å². The molecule has 0 spiro atoms. The Balaban J connectivity index is 2.36. The normalized spacial score (nSPS) is 12.1. The third kappa shape index (κ3) is 3.53. The van der Waals surface area contributed by atoms with Crippen LogP contribution < -0.4 is 11.1 Å². The summed E-state index contributed by atoms with van der Waals surface area (Å²) in [4.78, 5) is 15.3. The quantitative estimate of drug-likeness (QED) is 0.733. The van der Waals surface area contributed by atoms with Gasteiger partial charge < -0.3 is 11.1 Å². The summed E-state index contributed by atoms with van der Waals surface area (Å²) in [6.07, 6.45) is 3.98. The largest absolute Gasteiger partial charge is 0.352 e. The number of aromatic nitrogens is 1. The summed E-state index contributed by atoms with van der Waals surface area (Å²) in [5.74, 6) is -0.0759. The summed E-state index contributed by atoms with van der Waals surface area (Å²) >= 11 is 0. The first-order valence-corrected chi connectivity index (χ1v) is 4.64. The second-order valence-electron chi connectivity index (χ2n) is 3.26. The zero-order chi connectivity index (χ0) is 10.4. The smallest absolute Gasteiger partial charge is 0.251 e. The second-order valence-corrected chi connectivity index (χ2v) is 3.26. The van der Waals surface area contributed by atoms with Crippen molar-refractivity contribution in [3.05, 3.63) is 30.1 Å². The lowest BCUT2D eigenvalue weighted by molar-refractivity contribution is 0.0952. The minimum absolute atomic E-state index is 0.0759. The Morgan fingerprint density at radius 1 is 1.57 bits per heavy atom. The molecule has 14 heavy (non-hydrogen) atoms. The Kier molecular flexibility index (Phi) is 4.07. The first-order valence-electron chi connectivity index (χ1n) is 4.64. The van der Waals surface area contributed by atoms with Crippen LogP contribution in [0.25, 0.3) is 0 Å². The molecule has 0 saturated carbocycles. The standard InChI is InChI=1S/C10H15N3O/c1-8(11)2-7-13-10(14)9-3-5-12-6-4-9/h3-6,8H,2,7,11H2,1H3,(H,13,14). The van der Waals surface area contributed by atoms with Crippen LogP contribution in [-0.2, 0) is 0 Å². The van der Waals surface area contributed by atoms with E-state index in [0.29, 0.717) is 12.1 Å². The van der Waals surface area contributed by atoms with Gasteiger partial charge in [-0.3, -0.25) is 9.78 Å². The highest BCUT2D eigenvalue weighted by molar-refractivity contribution is 5.93. The van der Waals surface area contributed by atoms with E-state index >= 15 is 0 Å². The molecule has 1 amide bonds. The summed E-state index contributed by atoms with van der Waals surface area (Å²) in [6.45, 7) is 2.53. The summed E-state index contributed by atoms with van der Waals surface area (Å²) in [6, 6.07) is 3.48. The predicted molar refractivity (Wildman–Crippen MR) is 54.8 cm³/mol. The molecule has 0 aliphatic carbocycles. The van der Waals surface area contributed by atoms with Crippen LogP contribution in [0.4, 0.5) is 0 Å². The molecule has 0 fully saturated rings. The predicted octanol–water partition coefficient (Wildman–Crippen LogP) is 0.549. The number of nitrogens with two attached hydrogens (primary N) is 1. The number of pyridine rings is 1. The number of carbonyl (C=O) groups is 1. The number of nitrogens with one attached hydrogen (secondary N) is 1. The van der Waals surface area contributed by atoms with Gasteiger partial charge in [-0.25, -0.2) is 0 Å². The topological polar surface area (TPSA) is 68.0 Å². The Morgan fingerprint density at radius 3 is 2.79 bits per heavy atom. The van der Waals surface area contributed by atoms with Crippen LogP contribution in [0.1, 0.15) is 23.7 Å². The van der Waals surface area contributed by atoms with E-state index in [1.165, 1.54) is 0 Å². The molecular weight excluding hydrogens is 178 g/mol. The Morgan fingerprint density at radius 2 is 2.21 bits per heavy atom. The molecule has 4 nitrogen and oxygen atoms in total. The fraction of sp³-hybridized carbons (Fsp3) is 0.400. The molecule has 1 rings (SSSR count). The molecule has 0 aromatic carbocycles. The molecule has 1 aromatic rings. The number of carbonyl (C=O) groups excluding carboxylic acids is 1. The van der Waals surface area contributed by atoms with Crippen molar-refractivity contribution >= 4 is 5.91 Å². The van der Waals surface area contributed by atoms with Crippen LogP contribution >= 0.6 is 0 Å². The van der Waals surface area contributed by atoms with Gasteiger partial charge in [0.2, 0.25) is 0 Å². The van der Waals surface area contributed by atoms with E-state index in [0.717, 1.165) is 6.42 Å². The van der Waals surface area contributed by atoms with Gasteiger partial charge in [-0.2, -0.15) is 0 Å². The monoisotopic (exact) mass is 193 g/mol. The van der Waals surface area contributed by atoms with Crippen molar-refractivity contribution in [3.8, 4) is 0 Å². The van der Waals surface area contributed by atoms with Crippen LogP contribution in [0.5, 0.6) is 0 Å². The van der Waals surface area contributed by atoms with E-state index in [1.54, 1.807) is 24.5 Å².